The molecule has 0 bridgehead atoms. The molecule has 0 aliphatic carbocycles. The van der Waals surface area contributed by atoms with Crippen molar-refractivity contribution in [3.05, 3.63) is 42.2 Å². The molecule has 0 saturated heterocycles. The van der Waals surface area contributed by atoms with E-state index in [2.05, 4.69) is 19.9 Å². The van der Waals surface area contributed by atoms with Gasteiger partial charge in [-0.25, -0.2) is 0 Å². The molecule has 0 radical (unpaired) electrons. The van der Waals surface area contributed by atoms with Crippen molar-refractivity contribution in [1.82, 2.24) is 19.7 Å². The van der Waals surface area contributed by atoms with Crippen molar-refractivity contribution < 1.29 is 18.2 Å². The maximum Gasteiger partial charge on any atom is 0.240 e. The average Bonchev–Trinajstić information content (AvgIpc) is 3.03. The van der Waals surface area contributed by atoms with Crippen LogP contribution in [0.4, 0.5) is 5.95 Å². The van der Waals surface area contributed by atoms with Crippen LogP contribution in [0.3, 0.4) is 0 Å². The number of aryl methyl sites for hydroxylation is 1. The van der Waals surface area contributed by atoms with Gasteiger partial charge in [-0.15, -0.1) is 10.2 Å². The van der Waals surface area contributed by atoms with Crippen LogP contribution in [0.2, 0.25) is 0 Å². The molecule has 1 N–H and O–H groups in total. The highest BCUT2D eigenvalue weighted by Crippen LogP contribution is 2.37. The summed E-state index contributed by atoms with van der Waals surface area (Å²) in [6.07, 6.45) is 3.33. The second kappa shape index (κ2) is 7.50. The lowest BCUT2D eigenvalue weighted by molar-refractivity contribution is 0.391. The van der Waals surface area contributed by atoms with E-state index >= 15 is 0 Å². The Hall–Kier alpha value is -2.98. The highest BCUT2D eigenvalue weighted by molar-refractivity contribution is 7.80. The zero-order valence-corrected chi connectivity index (χ0v) is 15.1. The minimum atomic E-state index is -2.59. The van der Waals surface area contributed by atoms with Crippen LogP contribution in [0.5, 0.6) is 11.5 Å². The van der Waals surface area contributed by atoms with Gasteiger partial charge in [0.15, 0.2) is 5.82 Å². The summed E-state index contributed by atoms with van der Waals surface area (Å²) in [6, 6.07) is 7.09. The normalized spacial score (nSPS) is 11.8. The lowest BCUT2D eigenvalue weighted by Crippen LogP contribution is -2.11. The molecule has 0 aliphatic heterocycles. The van der Waals surface area contributed by atoms with Crippen LogP contribution in [0.1, 0.15) is 5.56 Å². The third-order valence-electron chi connectivity index (χ3n) is 3.60. The molecule has 26 heavy (non-hydrogen) atoms. The number of methoxy groups -OCH3 is 2. The SMILES string of the molecule is COc1cccc(OC)c1-n1c(NS(=O)[O-])nnc1-c1cncc(C)c1. The Morgan fingerprint density at radius 2 is 1.85 bits per heavy atom. The van der Waals surface area contributed by atoms with Gasteiger partial charge in [-0.1, -0.05) is 6.07 Å². The Morgan fingerprint density at radius 3 is 2.42 bits per heavy atom. The van der Waals surface area contributed by atoms with E-state index in [9.17, 15) is 8.76 Å². The van der Waals surface area contributed by atoms with Crippen molar-refractivity contribution >= 4 is 17.2 Å². The Kier molecular flexibility index (Phi) is 5.14. The van der Waals surface area contributed by atoms with Crippen molar-refractivity contribution in [2.75, 3.05) is 18.9 Å². The van der Waals surface area contributed by atoms with Gasteiger partial charge in [0.05, 0.1) is 14.2 Å². The number of hydrogen-bond donors (Lipinski definition) is 1. The number of nitrogens with zero attached hydrogens (tertiary/aromatic N) is 4. The highest BCUT2D eigenvalue weighted by atomic mass is 32.2. The summed E-state index contributed by atoms with van der Waals surface area (Å²) in [4.78, 5) is 4.17. The van der Waals surface area contributed by atoms with E-state index in [1.165, 1.54) is 18.8 Å². The van der Waals surface area contributed by atoms with E-state index < -0.39 is 11.3 Å². The van der Waals surface area contributed by atoms with Crippen molar-refractivity contribution in [3.63, 3.8) is 0 Å². The third kappa shape index (κ3) is 3.37. The van der Waals surface area contributed by atoms with Crippen LogP contribution >= 0.6 is 0 Å². The zero-order chi connectivity index (χ0) is 18.7. The summed E-state index contributed by atoms with van der Waals surface area (Å²) >= 11 is -2.59. The van der Waals surface area contributed by atoms with Gasteiger partial charge >= 0.3 is 0 Å². The van der Waals surface area contributed by atoms with E-state index in [1.54, 1.807) is 30.6 Å². The molecule has 0 amide bonds. The summed E-state index contributed by atoms with van der Waals surface area (Å²) in [7, 11) is 3.02. The number of benzene rings is 1. The van der Waals surface area contributed by atoms with Crippen molar-refractivity contribution in [2.24, 2.45) is 0 Å². The first-order valence-corrected chi connectivity index (χ1v) is 8.57. The molecule has 0 saturated carbocycles. The second-order valence-electron chi connectivity index (χ2n) is 5.28. The third-order valence-corrected chi connectivity index (χ3v) is 3.95. The Labute approximate surface area is 152 Å². The van der Waals surface area contributed by atoms with Crippen molar-refractivity contribution in [1.29, 1.82) is 0 Å². The minimum Gasteiger partial charge on any atom is -0.755 e. The molecular formula is C16H16N5O4S-. The Balaban J connectivity index is 2.32. The molecule has 3 rings (SSSR count). The zero-order valence-electron chi connectivity index (χ0n) is 14.3. The molecule has 0 spiro atoms. The van der Waals surface area contributed by atoms with Gasteiger partial charge in [0.1, 0.15) is 17.2 Å². The molecule has 10 heteroatoms. The molecule has 3 aromatic rings. The lowest BCUT2D eigenvalue weighted by atomic mass is 10.2. The molecule has 1 unspecified atom stereocenters. The van der Waals surface area contributed by atoms with Gasteiger partial charge in [0, 0.05) is 29.2 Å². The Morgan fingerprint density at radius 1 is 1.15 bits per heavy atom. The molecule has 2 aromatic heterocycles. The van der Waals surface area contributed by atoms with Crippen LogP contribution in [-0.2, 0) is 11.3 Å². The van der Waals surface area contributed by atoms with E-state index in [1.807, 2.05) is 13.0 Å². The fourth-order valence-electron chi connectivity index (χ4n) is 2.55. The first kappa shape index (κ1) is 17.8. The quantitative estimate of drug-likeness (QED) is 0.655. The first-order chi connectivity index (χ1) is 12.5. The number of aromatic nitrogens is 4. The fourth-order valence-corrected chi connectivity index (χ4v) is 2.83. The van der Waals surface area contributed by atoms with E-state index in [-0.39, 0.29) is 5.95 Å². The van der Waals surface area contributed by atoms with E-state index in [4.69, 9.17) is 9.47 Å². The highest BCUT2D eigenvalue weighted by Gasteiger charge is 2.22. The number of pyridine rings is 1. The summed E-state index contributed by atoms with van der Waals surface area (Å²) in [6.45, 7) is 1.90. The number of nitrogens with one attached hydrogen (secondary N) is 1. The predicted octanol–water partition coefficient (Wildman–Crippen LogP) is 1.86. The smallest absolute Gasteiger partial charge is 0.240 e. The average molecular weight is 374 g/mol. The molecule has 2 heterocycles. The molecular weight excluding hydrogens is 358 g/mol. The minimum absolute atomic E-state index is 0.00219. The van der Waals surface area contributed by atoms with Crippen LogP contribution < -0.4 is 14.2 Å². The van der Waals surface area contributed by atoms with Crippen LogP contribution in [0, 0.1) is 6.92 Å². The monoisotopic (exact) mass is 374 g/mol. The van der Waals surface area contributed by atoms with Crippen LogP contribution in [0.25, 0.3) is 17.1 Å². The van der Waals surface area contributed by atoms with Gasteiger partial charge in [-0.05, 0) is 30.7 Å². The van der Waals surface area contributed by atoms with Gasteiger partial charge in [-0.3, -0.25) is 18.5 Å². The number of hydrogen-bond acceptors (Lipinski definition) is 7. The van der Waals surface area contributed by atoms with Crippen molar-refractivity contribution in [3.8, 4) is 28.6 Å². The number of para-hydroxylation sites is 1. The molecule has 1 aromatic carbocycles. The van der Waals surface area contributed by atoms with Crippen LogP contribution in [0.15, 0.2) is 36.7 Å². The maximum atomic E-state index is 11.2. The van der Waals surface area contributed by atoms with Gasteiger partial charge in [0.25, 0.3) is 0 Å². The van der Waals surface area contributed by atoms with E-state index in [0.29, 0.717) is 28.6 Å². The summed E-state index contributed by atoms with van der Waals surface area (Å²) in [5, 5.41) is 8.09. The van der Waals surface area contributed by atoms with E-state index in [0.717, 1.165) is 5.56 Å². The van der Waals surface area contributed by atoms with Gasteiger partial charge in [-0.2, -0.15) is 0 Å². The first-order valence-electron chi connectivity index (χ1n) is 7.50. The van der Waals surface area contributed by atoms with Crippen molar-refractivity contribution in [2.45, 2.75) is 6.92 Å². The predicted molar refractivity (Wildman–Crippen MR) is 95.0 cm³/mol. The fraction of sp³-hybridized carbons (Fsp3) is 0.188. The largest absolute Gasteiger partial charge is 0.755 e. The summed E-state index contributed by atoms with van der Waals surface area (Å²) < 4.78 is 37.0. The molecule has 9 nitrogen and oxygen atoms in total. The topological polar surface area (TPSA) is 114 Å². The molecule has 136 valence electrons. The molecule has 0 aliphatic rings. The Bertz CT molecular complexity index is 937. The number of ether oxygens (including phenoxy) is 2. The van der Waals surface area contributed by atoms with Gasteiger partial charge < -0.3 is 14.0 Å². The molecule has 0 fully saturated rings. The second-order valence-corrected chi connectivity index (χ2v) is 5.96. The van der Waals surface area contributed by atoms with Gasteiger partial charge in [0.2, 0.25) is 5.95 Å². The van der Waals surface area contributed by atoms with Crippen LogP contribution in [-0.4, -0.2) is 42.7 Å². The summed E-state index contributed by atoms with van der Waals surface area (Å²) in [5.74, 6) is 1.31. The standard InChI is InChI=1S/C16H17N5O4S/c1-10-7-11(9-17-8-10)15-18-19-16(20-26(22)23)21(15)14-12(24-2)5-4-6-13(14)25-3/h4-9H,1-3H3,(H,19,20)(H,22,23)/p-1. The maximum absolute atomic E-state index is 11.2. The molecule has 1 atom stereocenters. The lowest BCUT2D eigenvalue weighted by Gasteiger charge is -2.18. The summed E-state index contributed by atoms with van der Waals surface area (Å²) in [5.41, 5.74) is 2.05. The number of anilines is 1. The number of rotatable bonds is 6.